The first-order valence-electron chi connectivity index (χ1n) is 5.77. The average Bonchev–Trinajstić information content (AvgIpc) is 2.26. The van der Waals surface area contributed by atoms with Crippen LogP contribution in [0, 0.1) is 5.92 Å². The van der Waals surface area contributed by atoms with Crippen molar-refractivity contribution in [3.8, 4) is 0 Å². The number of aliphatic hydroxyl groups excluding tert-OH is 1. The number of nitrogens with zero attached hydrogens (tertiary/aromatic N) is 2. The van der Waals surface area contributed by atoms with E-state index in [-0.39, 0.29) is 12.1 Å². The molecule has 1 heterocycles. The Kier molecular flexibility index (Phi) is 5.35. The van der Waals surface area contributed by atoms with Gasteiger partial charge in [-0.05, 0) is 32.7 Å². The molecule has 2 N–H and O–H groups in total. The van der Waals surface area contributed by atoms with Crippen LogP contribution in [-0.2, 0) is 0 Å². The van der Waals surface area contributed by atoms with Crippen LogP contribution in [0.2, 0.25) is 0 Å². The van der Waals surface area contributed by atoms with E-state index in [9.17, 15) is 5.11 Å². The molecule has 1 rings (SSSR count). The summed E-state index contributed by atoms with van der Waals surface area (Å²) in [5.74, 6) is 0.458. The van der Waals surface area contributed by atoms with E-state index < -0.39 is 0 Å². The first-order chi connectivity index (χ1) is 7.59. The summed E-state index contributed by atoms with van der Waals surface area (Å²) in [6.07, 6.45) is 5.74. The lowest BCUT2D eigenvalue weighted by molar-refractivity contribution is 0.162. The summed E-state index contributed by atoms with van der Waals surface area (Å²) < 4.78 is 0. The summed E-state index contributed by atoms with van der Waals surface area (Å²) >= 11 is 0. The Hall–Kier alpha value is -1.00. The molecule has 4 nitrogen and oxygen atoms in total. The van der Waals surface area contributed by atoms with Crippen molar-refractivity contribution in [2.24, 2.45) is 5.92 Å². The maximum absolute atomic E-state index is 9.25. The molecule has 0 spiro atoms. The van der Waals surface area contributed by atoms with E-state index in [4.69, 9.17) is 0 Å². The van der Waals surface area contributed by atoms with Gasteiger partial charge in [0.25, 0.3) is 0 Å². The molecule has 3 atom stereocenters. The SMILES string of the molecule is CC(O)CC(C)CNC(C)c1cnccn1. The van der Waals surface area contributed by atoms with Crippen molar-refractivity contribution in [1.29, 1.82) is 0 Å². The summed E-state index contributed by atoms with van der Waals surface area (Å²) in [4.78, 5) is 8.28. The third-order valence-corrected chi connectivity index (χ3v) is 2.54. The molecule has 0 saturated heterocycles. The number of hydrogen-bond acceptors (Lipinski definition) is 4. The van der Waals surface area contributed by atoms with Crippen LogP contribution in [0.25, 0.3) is 0 Å². The zero-order chi connectivity index (χ0) is 12.0. The van der Waals surface area contributed by atoms with Crippen molar-refractivity contribution in [2.75, 3.05) is 6.54 Å². The molecule has 0 amide bonds. The molecule has 0 aliphatic heterocycles. The fourth-order valence-corrected chi connectivity index (χ4v) is 1.68. The minimum Gasteiger partial charge on any atom is -0.393 e. The second-order valence-corrected chi connectivity index (χ2v) is 4.45. The average molecular weight is 223 g/mol. The largest absolute Gasteiger partial charge is 0.393 e. The Morgan fingerprint density at radius 1 is 1.31 bits per heavy atom. The fraction of sp³-hybridized carbons (Fsp3) is 0.667. The van der Waals surface area contributed by atoms with E-state index in [1.807, 2.05) is 6.92 Å². The molecule has 4 heteroatoms. The smallest absolute Gasteiger partial charge is 0.0753 e. The zero-order valence-corrected chi connectivity index (χ0v) is 10.2. The Bertz CT molecular complexity index is 290. The molecule has 0 radical (unpaired) electrons. The van der Waals surface area contributed by atoms with Gasteiger partial charge in [0.2, 0.25) is 0 Å². The van der Waals surface area contributed by atoms with E-state index in [0.29, 0.717) is 5.92 Å². The van der Waals surface area contributed by atoms with Gasteiger partial charge in [-0.2, -0.15) is 0 Å². The minimum atomic E-state index is -0.233. The van der Waals surface area contributed by atoms with Crippen LogP contribution in [-0.4, -0.2) is 27.7 Å². The molecule has 16 heavy (non-hydrogen) atoms. The van der Waals surface area contributed by atoms with Crippen molar-refractivity contribution < 1.29 is 5.11 Å². The number of hydrogen-bond donors (Lipinski definition) is 2. The summed E-state index contributed by atoms with van der Waals surface area (Å²) in [5.41, 5.74) is 0.951. The molecule has 0 bridgehead atoms. The van der Waals surface area contributed by atoms with Crippen LogP contribution in [0.3, 0.4) is 0 Å². The molecular formula is C12H21N3O. The molecule has 1 aromatic heterocycles. The molecule has 0 aliphatic rings. The van der Waals surface area contributed by atoms with Crippen molar-refractivity contribution in [1.82, 2.24) is 15.3 Å². The third kappa shape index (κ3) is 4.68. The highest BCUT2D eigenvalue weighted by Gasteiger charge is 2.10. The van der Waals surface area contributed by atoms with E-state index >= 15 is 0 Å². The predicted octanol–water partition coefficient (Wildman–Crippen LogP) is 1.53. The quantitative estimate of drug-likeness (QED) is 0.768. The summed E-state index contributed by atoms with van der Waals surface area (Å²) in [6, 6.07) is 0.199. The Morgan fingerprint density at radius 2 is 2.06 bits per heavy atom. The van der Waals surface area contributed by atoms with Gasteiger partial charge >= 0.3 is 0 Å². The van der Waals surface area contributed by atoms with Crippen LogP contribution in [0.5, 0.6) is 0 Å². The van der Waals surface area contributed by atoms with Crippen LogP contribution in [0.1, 0.15) is 38.9 Å². The van der Waals surface area contributed by atoms with Gasteiger partial charge in [-0.1, -0.05) is 6.92 Å². The lowest BCUT2D eigenvalue weighted by Crippen LogP contribution is -2.26. The first kappa shape index (κ1) is 13.1. The van der Waals surface area contributed by atoms with E-state index in [1.54, 1.807) is 18.6 Å². The van der Waals surface area contributed by atoms with E-state index in [1.165, 1.54) is 0 Å². The van der Waals surface area contributed by atoms with Gasteiger partial charge in [0.05, 0.1) is 11.8 Å². The number of rotatable bonds is 6. The van der Waals surface area contributed by atoms with Gasteiger partial charge < -0.3 is 10.4 Å². The second kappa shape index (κ2) is 6.55. The first-order valence-corrected chi connectivity index (χ1v) is 5.77. The van der Waals surface area contributed by atoms with Gasteiger partial charge in [0.1, 0.15) is 0 Å². The van der Waals surface area contributed by atoms with Gasteiger partial charge in [0.15, 0.2) is 0 Å². The molecule has 0 saturated carbocycles. The maximum atomic E-state index is 9.25. The predicted molar refractivity (Wildman–Crippen MR) is 63.9 cm³/mol. The highest BCUT2D eigenvalue weighted by Crippen LogP contribution is 2.09. The van der Waals surface area contributed by atoms with Crippen LogP contribution < -0.4 is 5.32 Å². The molecular weight excluding hydrogens is 202 g/mol. The van der Waals surface area contributed by atoms with E-state index in [2.05, 4.69) is 29.1 Å². The molecule has 0 fully saturated rings. The Labute approximate surface area is 97.1 Å². The van der Waals surface area contributed by atoms with Gasteiger partial charge in [-0.15, -0.1) is 0 Å². The Morgan fingerprint density at radius 3 is 2.62 bits per heavy atom. The highest BCUT2D eigenvalue weighted by molar-refractivity contribution is 5.00. The van der Waals surface area contributed by atoms with Crippen molar-refractivity contribution >= 4 is 0 Å². The molecule has 0 aromatic carbocycles. The van der Waals surface area contributed by atoms with Crippen LogP contribution in [0.4, 0.5) is 0 Å². The second-order valence-electron chi connectivity index (χ2n) is 4.45. The monoisotopic (exact) mass is 223 g/mol. The highest BCUT2D eigenvalue weighted by atomic mass is 16.3. The number of aliphatic hydroxyl groups is 1. The standard InChI is InChI=1S/C12H21N3O/c1-9(6-10(2)16)7-15-11(3)12-8-13-4-5-14-12/h4-5,8-11,15-16H,6-7H2,1-3H3. The van der Waals surface area contributed by atoms with Crippen LogP contribution >= 0.6 is 0 Å². The lowest BCUT2D eigenvalue weighted by atomic mass is 10.0. The molecule has 90 valence electrons. The molecule has 0 aliphatic carbocycles. The van der Waals surface area contributed by atoms with Crippen molar-refractivity contribution in [2.45, 2.75) is 39.3 Å². The third-order valence-electron chi connectivity index (χ3n) is 2.54. The molecule has 3 unspecified atom stereocenters. The van der Waals surface area contributed by atoms with Gasteiger partial charge in [-0.25, -0.2) is 0 Å². The van der Waals surface area contributed by atoms with Gasteiger partial charge in [0, 0.05) is 24.6 Å². The van der Waals surface area contributed by atoms with Crippen molar-refractivity contribution in [3.05, 3.63) is 24.3 Å². The lowest BCUT2D eigenvalue weighted by Gasteiger charge is -2.18. The zero-order valence-electron chi connectivity index (χ0n) is 10.2. The normalized spacial score (nSPS) is 16.8. The summed E-state index contributed by atoms with van der Waals surface area (Å²) in [5, 5.41) is 12.6. The van der Waals surface area contributed by atoms with Gasteiger partial charge in [-0.3, -0.25) is 9.97 Å². The maximum Gasteiger partial charge on any atom is 0.0753 e. The fourth-order valence-electron chi connectivity index (χ4n) is 1.68. The van der Waals surface area contributed by atoms with Crippen molar-refractivity contribution in [3.63, 3.8) is 0 Å². The van der Waals surface area contributed by atoms with E-state index in [0.717, 1.165) is 18.7 Å². The Balaban J connectivity index is 2.33. The summed E-state index contributed by atoms with van der Waals surface area (Å²) in [7, 11) is 0. The van der Waals surface area contributed by atoms with Crippen LogP contribution in [0.15, 0.2) is 18.6 Å². The topological polar surface area (TPSA) is 58.0 Å². The number of aromatic nitrogens is 2. The molecule has 1 aromatic rings. The number of nitrogens with one attached hydrogen (secondary N) is 1. The minimum absolute atomic E-state index is 0.199. The summed E-state index contributed by atoms with van der Waals surface area (Å²) in [6.45, 7) is 6.90.